The molecule has 2 aliphatic rings. The number of hydrogen-bond acceptors (Lipinski definition) is 4. The molecule has 0 N–H and O–H groups in total. The maximum absolute atomic E-state index is 6.38. The second kappa shape index (κ2) is 12.7. The van der Waals surface area contributed by atoms with Gasteiger partial charge in [0.2, 0.25) is 0 Å². The lowest BCUT2D eigenvalue weighted by atomic mass is 9.75. The van der Waals surface area contributed by atoms with Crippen LogP contribution in [0.3, 0.4) is 0 Å². The van der Waals surface area contributed by atoms with Crippen molar-refractivity contribution in [2.24, 2.45) is 0 Å². The summed E-state index contributed by atoms with van der Waals surface area (Å²) in [7, 11) is 0. The molecule has 0 aromatic heterocycles. The summed E-state index contributed by atoms with van der Waals surface area (Å²) in [6, 6.07) is 9.56. The predicted octanol–water partition coefficient (Wildman–Crippen LogP) is 7.38. The fraction of sp³-hybridized carbons (Fsp3) is 0.636. The second-order valence-corrected chi connectivity index (χ2v) is 11.2. The summed E-state index contributed by atoms with van der Waals surface area (Å²) in [5, 5.41) is 0. The number of ether oxygens (including phenoxy) is 4. The third-order valence-electron chi connectivity index (χ3n) is 8.09. The molecule has 37 heavy (non-hydrogen) atoms. The van der Waals surface area contributed by atoms with Gasteiger partial charge in [0.25, 0.3) is 0 Å². The van der Waals surface area contributed by atoms with E-state index in [-0.39, 0.29) is 5.41 Å². The molecule has 2 saturated heterocycles. The average Bonchev–Trinajstić information content (AvgIpc) is 3.84. The molecule has 2 aromatic carbocycles. The maximum Gasteiger partial charge on any atom is 0.125 e. The molecule has 0 saturated carbocycles. The second-order valence-electron chi connectivity index (χ2n) is 11.2. The Morgan fingerprint density at radius 2 is 0.973 bits per heavy atom. The van der Waals surface area contributed by atoms with Gasteiger partial charge in [0, 0.05) is 5.41 Å². The number of rotatable bonds is 16. The van der Waals surface area contributed by atoms with Crippen LogP contribution in [0.25, 0.3) is 0 Å². The third kappa shape index (κ3) is 7.09. The van der Waals surface area contributed by atoms with Crippen LogP contribution >= 0.6 is 0 Å². The van der Waals surface area contributed by atoms with Crippen molar-refractivity contribution in [3.05, 3.63) is 57.6 Å². The summed E-state index contributed by atoms with van der Waals surface area (Å²) in [6.07, 6.45) is 9.11. The van der Waals surface area contributed by atoms with E-state index in [9.17, 15) is 0 Å². The molecule has 2 atom stereocenters. The van der Waals surface area contributed by atoms with Gasteiger partial charge in [-0.05, 0) is 84.7 Å². The van der Waals surface area contributed by atoms with Gasteiger partial charge in [-0.25, -0.2) is 0 Å². The Hall–Kier alpha value is -2.04. The van der Waals surface area contributed by atoms with Crippen LogP contribution in [0.2, 0.25) is 0 Å². The van der Waals surface area contributed by atoms with E-state index in [1.165, 1.54) is 33.4 Å². The molecule has 4 heteroatoms. The number of hydrogen-bond donors (Lipinski definition) is 0. The van der Waals surface area contributed by atoms with Crippen molar-refractivity contribution < 1.29 is 18.9 Å². The number of aryl methyl sites for hydroxylation is 4. The molecule has 2 aliphatic heterocycles. The van der Waals surface area contributed by atoms with E-state index in [2.05, 4.69) is 65.8 Å². The van der Waals surface area contributed by atoms with Gasteiger partial charge in [-0.15, -0.1) is 0 Å². The molecular formula is C33H48O4. The third-order valence-corrected chi connectivity index (χ3v) is 8.09. The molecule has 0 amide bonds. The Morgan fingerprint density at radius 3 is 1.24 bits per heavy atom. The van der Waals surface area contributed by atoms with Gasteiger partial charge in [0.1, 0.15) is 11.5 Å². The Morgan fingerprint density at radius 1 is 0.649 bits per heavy atom. The molecule has 4 nitrogen and oxygen atoms in total. The van der Waals surface area contributed by atoms with Gasteiger partial charge in [-0.3, -0.25) is 0 Å². The molecule has 204 valence electrons. The Bertz CT molecular complexity index is 901. The van der Waals surface area contributed by atoms with Crippen molar-refractivity contribution in [1.29, 1.82) is 0 Å². The lowest BCUT2D eigenvalue weighted by Crippen LogP contribution is -2.21. The number of benzene rings is 2. The van der Waals surface area contributed by atoms with Crippen molar-refractivity contribution in [2.45, 2.75) is 111 Å². The van der Waals surface area contributed by atoms with Gasteiger partial charge < -0.3 is 18.9 Å². The van der Waals surface area contributed by atoms with E-state index in [1.807, 2.05) is 0 Å². The van der Waals surface area contributed by atoms with Crippen LogP contribution < -0.4 is 9.47 Å². The van der Waals surface area contributed by atoms with Crippen LogP contribution in [0, 0.1) is 0 Å². The van der Waals surface area contributed by atoms with Crippen LogP contribution in [0.15, 0.2) is 24.3 Å². The highest BCUT2D eigenvalue weighted by molar-refractivity contribution is 5.53. The van der Waals surface area contributed by atoms with Crippen LogP contribution in [0.5, 0.6) is 11.5 Å². The van der Waals surface area contributed by atoms with Crippen molar-refractivity contribution in [1.82, 2.24) is 0 Å². The minimum Gasteiger partial charge on any atom is -0.493 e. The quantitative estimate of drug-likeness (QED) is 0.175. The van der Waals surface area contributed by atoms with Gasteiger partial charge in [-0.1, -0.05) is 65.8 Å². The zero-order valence-corrected chi connectivity index (χ0v) is 24.1. The minimum absolute atomic E-state index is 0.120. The van der Waals surface area contributed by atoms with E-state index in [1.54, 1.807) is 0 Å². The van der Waals surface area contributed by atoms with Gasteiger partial charge >= 0.3 is 0 Å². The van der Waals surface area contributed by atoms with Gasteiger partial charge in [0.15, 0.2) is 0 Å². The molecule has 2 aromatic rings. The SMILES string of the molecule is CCc1cc(C(C)(C)c2cc(CC)c(OCCCC3CO3)c(CC)c2)cc(CC)c1OCCCC1CO1. The largest absolute Gasteiger partial charge is 0.493 e. The van der Waals surface area contributed by atoms with Crippen LogP contribution in [0.1, 0.15) is 101 Å². The van der Waals surface area contributed by atoms with E-state index in [0.717, 1.165) is 89.3 Å². The van der Waals surface area contributed by atoms with Gasteiger partial charge in [-0.2, -0.15) is 0 Å². The highest BCUT2D eigenvalue weighted by Gasteiger charge is 2.28. The van der Waals surface area contributed by atoms with Crippen molar-refractivity contribution in [3.8, 4) is 11.5 Å². The summed E-state index contributed by atoms with van der Waals surface area (Å²) < 4.78 is 23.5. The summed E-state index contributed by atoms with van der Waals surface area (Å²) in [5.74, 6) is 2.20. The smallest absolute Gasteiger partial charge is 0.125 e. The van der Waals surface area contributed by atoms with E-state index >= 15 is 0 Å². The van der Waals surface area contributed by atoms with Crippen LogP contribution in [-0.4, -0.2) is 38.6 Å². The van der Waals surface area contributed by atoms with E-state index < -0.39 is 0 Å². The average molecular weight is 509 g/mol. The fourth-order valence-electron chi connectivity index (χ4n) is 5.26. The van der Waals surface area contributed by atoms with E-state index in [0.29, 0.717) is 12.2 Å². The van der Waals surface area contributed by atoms with E-state index in [4.69, 9.17) is 18.9 Å². The fourth-order valence-corrected chi connectivity index (χ4v) is 5.26. The van der Waals surface area contributed by atoms with Crippen LogP contribution in [0.4, 0.5) is 0 Å². The van der Waals surface area contributed by atoms with Crippen molar-refractivity contribution in [2.75, 3.05) is 26.4 Å². The highest BCUT2D eigenvalue weighted by Crippen LogP contribution is 2.40. The first-order valence-corrected chi connectivity index (χ1v) is 14.7. The molecule has 0 bridgehead atoms. The highest BCUT2D eigenvalue weighted by atomic mass is 16.6. The molecule has 0 radical (unpaired) electrons. The first kappa shape index (κ1) is 28.0. The Balaban J connectivity index is 1.57. The summed E-state index contributed by atoms with van der Waals surface area (Å²) >= 11 is 0. The Labute approximate surface area is 225 Å². The topological polar surface area (TPSA) is 43.5 Å². The summed E-state index contributed by atoms with van der Waals surface area (Å²) in [6.45, 7) is 17.0. The first-order chi connectivity index (χ1) is 17.9. The maximum atomic E-state index is 6.38. The molecule has 4 rings (SSSR count). The lowest BCUT2D eigenvalue weighted by Gasteiger charge is -2.30. The monoisotopic (exact) mass is 508 g/mol. The molecule has 2 fully saturated rings. The standard InChI is InChI=1S/C33H48O4/c1-7-23-17-27(18-24(8-2)31(23)34-15-11-13-29-21-36-29)33(5,6)28-19-25(9-3)32(26(10-4)20-28)35-16-12-14-30-22-37-30/h17-20,29-30H,7-16,21-22H2,1-6H3. The normalized spacial score (nSPS) is 18.6. The van der Waals surface area contributed by atoms with Crippen LogP contribution in [-0.2, 0) is 40.6 Å². The summed E-state index contributed by atoms with van der Waals surface area (Å²) in [4.78, 5) is 0. The summed E-state index contributed by atoms with van der Waals surface area (Å²) in [5.41, 5.74) is 7.87. The zero-order chi connectivity index (χ0) is 26.4. The minimum atomic E-state index is -0.120. The van der Waals surface area contributed by atoms with Gasteiger partial charge in [0.05, 0.1) is 38.6 Å². The number of epoxide rings is 2. The van der Waals surface area contributed by atoms with Crippen molar-refractivity contribution in [3.63, 3.8) is 0 Å². The molecule has 2 heterocycles. The molecule has 0 aliphatic carbocycles. The molecule has 0 spiro atoms. The zero-order valence-electron chi connectivity index (χ0n) is 24.1. The first-order valence-electron chi connectivity index (χ1n) is 14.7. The van der Waals surface area contributed by atoms with Crippen molar-refractivity contribution >= 4 is 0 Å². The molecule has 2 unspecified atom stereocenters. The predicted molar refractivity (Wildman–Crippen MR) is 151 cm³/mol. The molecular weight excluding hydrogens is 460 g/mol. The lowest BCUT2D eigenvalue weighted by molar-refractivity contribution is 0.288. The Kier molecular flexibility index (Phi) is 9.58.